The molecule has 358 valence electrons. The number of likely N-dealkylation sites (tertiary alicyclic amines) is 2. The molecule has 70 heavy (non-hydrogen) atoms. The average molecular weight is 940 g/mol. The van der Waals surface area contributed by atoms with Gasteiger partial charge >= 0.3 is 5.76 Å². The summed E-state index contributed by atoms with van der Waals surface area (Å²) < 4.78 is 14.4. The molecule has 1 atom stereocenters. The summed E-state index contributed by atoms with van der Waals surface area (Å²) in [6.45, 7) is 5.86. The third-order valence-electron chi connectivity index (χ3n) is 15.0. The van der Waals surface area contributed by atoms with E-state index in [1.54, 1.807) is 12.0 Å². The minimum atomic E-state index is -0.762. The zero-order valence-electron chi connectivity index (χ0n) is 39.8. The van der Waals surface area contributed by atoms with Crippen molar-refractivity contribution in [2.75, 3.05) is 45.2 Å². The Kier molecular flexibility index (Phi) is 12.3. The lowest BCUT2D eigenvalue weighted by Crippen LogP contribution is -2.43. The van der Waals surface area contributed by atoms with Gasteiger partial charge in [0.2, 0.25) is 11.8 Å². The van der Waals surface area contributed by atoms with E-state index in [1.807, 2.05) is 43.6 Å². The molecule has 0 bridgehead atoms. The highest BCUT2D eigenvalue weighted by atomic mass is 16.5. The molecule has 3 amide bonds. The Bertz CT molecular complexity index is 3320. The van der Waals surface area contributed by atoms with E-state index in [0.29, 0.717) is 35.1 Å². The minimum absolute atomic E-state index is 0.0295. The lowest BCUT2D eigenvalue weighted by molar-refractivity contribution is -0.135. The summed E-state index contributed by atoms with van der Waals surface area (Å²) in [6, 6.07) is 32.4. The van der Waals surface area contributed by atoms with Gasteiger partial charge in [-0.25, -0.2) is 14.8 Å². The van der Waals surface area contributed by atoms with E-state index in [9.17, 15) is 19.2 Å². The number of aromatic amines is 1. The number of anilines is 1. The predicted molar refractivity (Wildman–Crippen MR) is 269 cm³/mol. The molecule has 8 aromatic rings. The van der Waals surface area contributed by atoms with Crippen LogP contribution >= 0.6 is 0 Å². The zero-order chi connectivity index (χ0) is 48.0. The zero-order valence-corrected chi connectivity index (χ0v) is 39.8. The Balaban J connectivity index is 0.659. The number of imide groups is 1. The van der Waals surface area contributed by atoms with Crippen LogP contribution in [0.5, 0.6) is 0 Å². The number of fused-ring (bicyclic) bond motifs is 3. The largest absolute Gasteiger partial charge is 0.420 e. The van der Waals surface area contributed by atoms with Crippen LogP contribution in [0.3, 0.4) is 0 Å². The van der Waals surface area contributed by atoms with Crippen molar-refractivity contribution in [1.82, 2.24) is 39.2 Å². The van der Waals surface area contributed by atoms with Gasteiger partial charge in [-0.05, 0) is 159 Å². The fraction of sp³-hybridized carbons (Fsp3) is 0.345. The lowest BCUT2D eigenvalue weighted by atomic mass is 9.88. The van der Waals surface area contributed by atoms with Crippen LogP contribution in [-0.4, -0.2) is 91.9 Å². The molecule has 15 heteroatoms. The van der Waals surface area contributed by atoms with Crippen molar-refractivity contribution < 1.29 is 23.5 Å². The van der Waals surface area contributed by atoms with Crippen molar-refractivity contribution in [2.45, 2.75) is 76.1 Å². The molecular formula is C55H57N9O6. The van der Waals surface area contributed by atoms with Crippen LogP contribution in [0.1, 0.15) is 95.0 Å². The maximum Gasteiger partial charge on any atom is 0.420 e. The maximum absolute atomic E-state index is 13.7. The van der Waals surface area contributed by atoms with Crippen LogP contribution < -0.4 is 16.0 Å². The van der Waals surface area contributed by atoms with Crippen molar-refractivity contribution >= 4 is 56.6 Å². The summed E-state index contributed by atoms with van der Waals surface area (Å²) in [5.41, 5.74) is 12.5. The van der Waals surface area contributed by atoms with Gasteiger partial charge < -0.3 is 23.6 Å². The molecule has 0 spiro atoms. The Hall–Kier alpha value is -7.20. The van der Waals surface area contributed by atoms with E-state index in [2.05, 4.69) is 103 Å². The molecule has 15 nitrogen and oxygen atoms in total. The predicted octanol–water partition coefficient (Wildman–Crippen LogP) is 8.18. The summed E-state index contributed by atoms with van der Waals surface area (Å²) in [5.74, 6) is 0.253. The smallest absolute Gasteiger partial charge is 0.408 e. The number of imidazole rings is 1. The molecule has 2 N–H and O–H groups in total. The summed E-state index contributed by atoms with van der Waals surface area (Å²) in [4.78, 5) is 70.1. The van der Waals surface area contributed by atoms with E-state index in [0.717, 1.165) is 115 Å². The Labute approximate surface area is 405 Å². The number of hydrogen-bond donors (Lipinski definition) is 2. The summed E-state index contributed by atoms with van der Waals surface area (Å²) in [7, 11) is 5.63. The van der Waals surface area contributed by atoms with E-state index in [4.69, 9.17) is 14.1 Å². The third kappa shape index (κ3) is 8.84. The van der Waals surface area contributed by atoms with Gasteiger partial charge in [-0.15, -0.1) is 0 Å². The van der Waals surface area contributed by atoms with E-state index < -0.39 is 17.7 Å². The van der Waals surface area contributed by atoms with Crippen molar-refractivity contribution in [2.24, 2.45) is 7.05 Å². The number of rotatable bonds is 12. The standard InChI is InChI=1S/C55H57N9O6/c1-60-42(30-44-43(18-23-56-52(44)60)40-11-14-45-46(29-40)58-50(57-45)33-69-3)32-63-26-21-37(22-27-63)35-5-7-39(8-6-35)54(67)61(2)41-12-9-36(10-13-41)38-19-24-62(25-20-38)31-34-4-15-47-49(28-34)70-55(68)64(47)48-16-17-51(65)59-53(48)66/h4-15,18,23,28-30,37-38,48H,16-17,19-22,24-27,31-33H2,1-3H3,(H,57,58)(H,59,65,66). The SMILES string of the molecule is COCc1nc2ccc(-c3ccnc4c3cc(CN3CCC(c5ccc(C(=O)N(C)c6ccc(C7CCN(Cc8ccc9c(c8)oc(=O)n9C8CCC(=O)NC8=O)CC7)cc6)cc5)CC3)n4C)cc2[nH]1. The highest BCUT2D eigenvalue weighted by Gasteiger charge is 2.32. The first-order chi connectivity index (χ1) is 34.1. The number of amides is 3. The van der Waals surface area contributed by atoms with Gasteiger partial charge in [-0.2, -0.15) is 0 Å². The molecule has 3 aliphatic rings. The normalized spacial score (nSPS) is 17.8. The van der Waals surface area contributed by atoms with Gasteiger partial charge in [-0.3, -0.25) is 34.1 Å². The average Bonchev–Trinajstić information content (AvgIpc) is 4.05. The molecule has 0 aliphatic carbocycles. The lowest BCUT2D eigenvalue weighted by Gasteiger charge is -2.32. The Morgan fingerprint density at radius 2 is 1.51 bits per heavy atom. The molecule has 4 aromatic heterocycles. The van der Waals surface area contributed by atoms with Gasteiger partial charge in [0.1, 0.15) is 24.1 Å². The number of aryl methyl sites for hydroxylation is 1. The summed E-state index contributed by atoms with van der Waals surface area (Å²) >= 11 is 0. The quantitative estimate of drug-likeness (QED) is 0.114. The molecule has 11 rings (SSSR count). The molecule has 7 heterocycles. The fourth-order valence-electron chi connectivity index (χ4n) is 11.0. The van der Waals surface area contributed by atoms with E-state index in [-0.39, 0.29) is 24.7 Å². The van der Waals surface area contributed by atoms with Crippen LogP contribution in [0.15, 0.2) is 112 Å². The number of pyridine rings is 1. The maximum atomic E-state index is 13.7. The van der Waals surface area contributed by atoms with Crippen molar-refractivity contribution in [3.63, 3.8) is 0 Å². The van der Waals surface area contributed by atoms with Crippen LogP contribution in [0, 0.1) is 0 Å². The van der Waals surface area contributed by atoms with Crippen LogP contribution in [-0.2, 0) is 41.1 Å². The number of oxazole rings is 1. The van der Waals surface area contributed by atoms with E-state index in [1.165, 1.54) is 21.4 Å². The molecule has 1 unspecified atom stereocenters. The molecule has 4 aromatic carbocycles. The molecule has 0 radical (unpaired) electrons. The van der Waals surface area contributed by atoms with Crippen molar-refractivity contribution in [1.29, 1.82) is 0 Å². The monoisotopic (exact) mass is 939 g/mol. The highest BCUT2D eigenvalue weighted by Crippen LogP contribution is 2.35. The number of carbonyl (C=O) groups is 3. The van der Waals surface area contributed by atoms with Gasteiger partial charge in [0.15, 0.2) is 5.58 Å². The fourth-order valence-corrected chi connectivity index (χ4v) is 11.0. The summed E-state index contributed by atoms with van der Waals surface area (Å²) in [6.07, 6.45) is 6.48. The number of H-pyrrole nitrogens is 1. The molecular weight excluding hydrogens is 883 g/mol. The summed E-state index contributed by atoms with van der Waals surface area (Å²) in [5, 5.41) is 3.47. The Morgan fingerprint density at radius 3 is 2.21 bits per heavy atom. The second kappa shape index (κ2) is 18.9. The first-order valence-electron chi connectivity index (χ1n) is 24.4. The number of benzene rings is 4. The van der Waals surface area contributed by atoms with Crippen LogP contribution in [0.4, 0.5) is 5.69 Å². The first-order valence-corrected chi connectivity index (χ1v) is 24.4. The number of aromatic nitrogens is 5. The van der Waals surface area contributed by atoms with Gasteiger partial charge in [0.05, 0.1) is 16.6 Å². The number of carbonyl (C=O) groups excluding carboxylic acids is 3. The second-order valence-electron chi connectivity index (χ2n) is 19.3. The minimum Gasteiger partial charge on any atom is -0.408 e. The van der Waals surface area contributed by atoms with Crippen molar-refractivity contribution in [3.05, 3.63) is 148 Å². The Morgan fingerprint density at radius 1 is 0.814 bits per heavy atom. The third-order valence-corrected chi connectivity index (χ3v) is 15.0. The number of ether oxygens (including phenoxy) is 1. The molecule has 3 fully saturated rings. The number of piperidine rings is 3. The number of nitrogens with zero attached hydrogens (tertiary/aromatic N) is 7. The van der Waals surface area contributed by atoms with Gasteiger partial charge in [0.25, 0.3) is 5.91 Å². The van der Waals surface area contributed by atoms with Crippen molar-refractivity contribution in [3.8, 4) is 11.1 Å². The van der Waals surface area contributed by atoms with Crippen LogP contribution in [0.2, 0.25) is 0 Å². The van der Waals surface area contributed by atoms with Gasteiger partial charge in [-0.1, -0.05) is 36.4 Å². The number of nitrogens with one attached hydrogen (secondary N) is 2. The molecule has 3 aliphatic heterocycles. The highest BCUT2D eigenvalue weighted by molar-refractivity contribution is 6.06. The topological polar surface area (TPSA) is 164 Å². The molecule has 0 saturated carbocycles. The van der Waals surface area contributed by atoms with Crippen LogP contribution in [0.25, 0.3) is 44.3 Å². The second-order valence-corrected chi connectivity index (χ2v) is 19.3. The first kappa shape index (κ1) is 45.3. The molecule has 3 saturated heterocycles. The number of hydrogen-bond acceptors (Lipinski definition) is 10. The van der Waals surface area contributed by atoms with E-state index >= 15 is 0 Å². The van der Waals surface area contributed by atoms with Gasteiger partial charge in [0, 0.05) is 69.2 Å². The number of methoxy groups -OCH3 is 1.